The Morgan fingerprint density at radius 1 is 1.10 bits per heavy atom. The van der Waals surface area contributed by atoms with Crippen molar-refractivity contribution in [2.75, 3.05) is 13.2 Å². The Morgan fingerprint density at radius 2 is 1.86 bits per heavy atom. The molecule has 0 aliphatic carbocycles. The Balaban J connectivity index is 1.75. The third-order valence-corrected chi connectivity index (χ3v) is 3.07. The SMILES string of the molecule is O=C(Cn1cc(Br)ccc1=O)OCCOc1ccccc1. The highest BCUT2D eigenvalue weighted by molar-refractivity contribution is 9.10. The van der Waals surface area contributed by atoms with Gasteiger partial charge in [0.2, 0.25) is 0 Å². The van der Waals surface area contributed by atoms with E-state index in [9.17, 15) is 9.59 Å². The van der Waals surface area contributed by atoms with Crippen LogP contribution in [0.4, 0.5) is 0 Å². The molecule has 5 nitrogen and oxygen atoms in total. The number of halogens is 1. The lowest BCUT2D eigenvalue weighted by Crippen LogP contribution is -2.25. The molecule has 0 unspecified atom stereocenters. The number of pyridine rings is 1. The molecule has 0 bridgehead atoms. The van der Waals surface area contributed by atoms with E-state index in [2.05, 4.69) is 15.9 Å². The Labute approximate surface area is 130 Å². The van der Waals surface area contributed by atoms with Gasteiger partial charge in [0.25, 0.3) is 5.56 Å². The predicted molar refractivity (Wildman–Crippen MR) is 81.3 cm³/mol. The molecule has 0 aliphatic heterocycles. The monoisotopic (exact) mass is 351 g/mol. The number of ether oxygens (including phenoxy) is 2. The minimum atomic E-state index is -0.480. The Hall–Kier alpha value is -2.08. The van der Waals surface area contributed by atoms with Crippen molar-refractivity contribution in [1.82, 2.24) is 4.57 Å². The van der Waals surface area contributed by atoms with Gasteiger partial charge >= 0.3 is 5.97 Å². The van der Waals surface area contributed by atoms with Gasteiger partial charge < -0.3 is 14.0 Å². The maximum absolute atomic E-state index is 11.6. The molecular formula is C15H14BrNO4. The van der Waals surface area contributed by atoms with Gasteiger partial charge in [0.05, 0.1) is 0 Å². The molecule has 0 amide bonds. The van der Waals surface area contributed by atoms with E-state index in [4.69, 9.17) is 9.47 Å². The molecule has 0 saturated heterocycles. The van der Waals surface area contributed by atoms with Crippen molar-refractivity contribution in [3.05, 3.63) is 63.5 Å². The van der Waals surface area contributed by atoms with Crippen LogP contribution in [0.3, 0.4) is 0 Å². The van der Waals surface area contributed by atoms with Crippen LogP contribution in [0.5, 0.6) is 5.75 Å². The van der Waals surface area contributed by atoms with Crippen molar-refractivity contribution in [2.24, 2.45) is 0 Å². The molecule has 6 heteroatoms. The number of benzene rings is 1. The van der Waals surface area contributed by atoms with Gasteiger partial charge in [-0.25, -0.2) is 0 Å². The van der Waals surface area contributed by atoms with Crippen molar-refractivity contribution in [1.29, 1.82) is 0 Å². The van der Waals surface area contributed by atoms with Gasteiger partial charge in [-0.1, -0.05) is 18.2 Å². The van der Waals surface area contributed by atoms with Crippen LogP contribution >= 0.6 is 15.9 Å². The highest BCUT2D eigenvalue weighted by Crippen LogP contribution is 2.07. The zero-order valence-corrected chi connectivity index (χ0v) is 12.8. The molecule has 0 spiro atoms. The predicted octanol–water partition coefficient (Wildman–Crippen LogP) is 2.23. The second-order valence-electron chi connectivity index (χ2n) is 4.20. The number of nitrogens with zero attached hydrogens (tertiary/aromatic N) is 1. The fraction of sp³-hybridized carbons (Fsp3) is 0.200. The molecule has 0 fully saturated rings. The van der Waals surface area contributed by atoms with Crippen molar-refractivity contribution in [3.63, 3.8) is 0 Å². The van der Waals surface area contributed by atoms with E-state index in [1.54, 1.807) is 12.3 Å². The van der Waals surface area contributed by atoms with E-state index >= 15 is 0 Å². The van der Waals surface area contributed by atoms with Gasteiger partial charge in [0, 0.05) is 16.7 Å². The molecule has 1 heterocycles. The molecule has 2 rings (SSSR count). The van der Waals surface area contributed by atoms with E-state index < -0.39 is 5.97 Å². The summed E-state index contributed by atoms with van der Waals surface area (Å²) < 4.78 is 12.4. The highest BCUT2D eigenvalue weighted by Gasteiger charge is 2.06. The van der Waals surface area contributed by atoms with E-state index in [0.29, 0.717) is 0 Å². The molecule has 1 aromatic heterocycles. The highest BCUT2D eigenvalue weighted by atomic mass is 79.9. The summed E-state index contributed by atoms with van der Waals surface area (Å²) in [4.78, 5) is 23.2. The summed E-state index contributed by atoms with van der Waals surface area (Å²) in [5, 5.41) is 0. The number of carbonyl (C=O) groups excluding carboxylic acids is 1. The summed E-state index contributed by atoms with van der Waals surface area (Å²) in [5.41, 5.74) is -0.254. The number of para-hydroxylation sites is 1. The summed E-state index contributed by atoms with van der Waals surface area (Å²) in [7, 11) is 0. The Morgan fingerprint density at radius 3 is 2.62 bits per heavy atom. The van der Waals surface area contributed by atoms with Crippen molar-refractivity contribution >= 4 is 21.9 Å². The first-order valence-electron chi connectivity index (χ1n) is 6.34. The average molecular weight is 352 g/mol. The van der Waals surface area contributed by atoms with Crippen LogP contribution in [0.15, 0.2) is 57.9 Å². The molecular weight excluding hydrogens is 338 g/mol. The maximum atomic E-state index is 11.6. The number of hydrogen-bond acceptors (Lipinski definition) is 4. The molecule has 1 aromatic carbocycles. The first-order valence-corrected chi connectivity index (χ1v) is 7.14. The Bertz CT molecular complexity index is 654. The van der Waals surface area contributed by atoms with Crippen LogP contribution in [-0.2, 0) is 16.1 Å². The normalized spacial score (nSPS) is 10.1. The van der Waals surface area contributed by atoms with Crippen molar-refractivity contribution in [2.45, 2.75) is 6.54 Å². The molecule has 0 aliphatic rings. The van der Waals surface area contributed by atoms with Gasteiger partial charge in [-0.2, -0.15) is 0 Å². The summed E-state index contributed by atoms with van der Waals surface area (Å²) in [5.74, 6) is 0.239. The second kappa shape index (κ2) is 7.64. The summed E-state index contributed by atoms with van der Waals surface area (Å²) in [6.07, 6.45) is 1.55. The van der Waals surface area contributed by atoms with Crippen LogP contribution in [-0.4, -0.2) is 23.8 Å². The zero-order chi connectivity index (χ0) is 15.1. The molecule has 110 valence electrons. The summed E-state index contributed by atoms with van der Waals surface area (Å²) in [6.45, 7) is 0.281. The lowest BCUT2D eigenvalue weighted by atomic mass is 10.3. The Kier molecular flexibility index (Phi) is 5.57. The van der Waals surface area contributed by atoms with Crippen LogP contribution in [0.25, 0.3) is 0 Å². The lowest BCUT2D eigenvalue weighted by molar-refractivity contribution is -0.145. The van der Waals surface area contributed by atoms with E-state index in [1.807, 2.05) is 30.3 Å². The minimum absolute atomic E-state index is 0.121. The van der Waals surface area contributed by atoms with Gasteiger partial charge in [-0.05, 0) is 34.1 Å². The van der Waals surface area contributed by atoms with Crippen molar-refractivity contribution < 1.29 is 14.3 Å². The van der Waals surface area contributed by atoms with Gasteiger partial charge in [-0.15, -0.1) is 0 Å². The van der Waals surface area contributed by atoms with Gasteiger partial charge in [-0.3, -0.25) is 9.59 Å². The zero-order valence-electron chi connectivity index (χ0n) is 11.2. The molecule has 2 aromatic rings. The second-order valence-corrected chi connectivity index (χ2v) is 5.11. The molecule has 21 heavy (non-hydrogen) atoms. The van der Waals surface area contributed by atoms with Crippen molar-refractivity contribution in [3.8, 4) is 5.75 Å². The smallest absolute Gasteiger partial charge is 0.326 e. The molecule has 0 N–H and O–H groups in total. The van der Waals surface area contributed by atoms with Crippen LogP contribution in [0.2, 0.25) is 0 Å². The quantitative estimate of drug-likeness (QED) is 0.591. The first kappa shape index (κ1) is 15.3. The summed E-state index contributed by atoms with van der Waals surface area (Å²) >= 11 is 3.24. The standard InChI is InChI=1S/C15H14BrNO4/c16-12-6-7-14(18)17(10-12)11-15(19)21-9-8-20-13-4-2-1-3-5-13/h1-7,10H,8-9,11H2. The number of esters is 1. The first-order chi connectivity index (χ1) is 10.1. The number of carbonyl (C=O) groups is 1. The third kappa shape index (κ3) is 5.07. The van der Waals surface area contributed by atoms with Gasteiger partial charge in [0.15, 0.2) is 0 Å². The van der Waals surface area contributed by atoms with Crippen LogP contribution in [0.1, 0.15) is 0 Å². The number of rotatable bonds is 6. The molecule has 0 saturated carbocycles. The van der Waals surface area contributed by atoms with Crippen LogP contribution in [0, 0.1) is 0 Å². The fourth-order valence-corrected chi connectivity index (χ4v) is 2.02. The van der Waals surface area contributed by atoms with Crippen LogP contribution < -0.4 is 10.3 Å². The molecule has 0 atom stereocenters. The van der Waals surface area contributed by atoms with E-state index in [1.165, 1.54) is 10.6 Å². The number of aromatic nitrogens is 1. The van der Waals surface area contributed by atoms with Gasteiger partial charge in [0.1, 0.15) is 25.5 Å². The van der Waals surface area contributed by atoms with E-state index in [-0.39, 0.29) is 25.3 Å². The minimum Gasteiger partial charge on any atom is -0.490 e. The van der Waals surface area contributed by atoms with E-state index in [0.717, 1.165) is 10.2 Å². The lowest BCUT2D eigenvalue weighted by Gasteiger charge is -2.08. The maximum Gasteiger partial charge on any atom is 0.326 e. The topological polar surface area (TPSA) is 57.5 Å². The largest absolute Gasteiger partial charge is 0.490 e. The third-order valence-electron chi connectivity index (χ3n) is 2.61. The summed E-state index contributed by atoms with van der Waals surface area (Å²) in [6, 6.07) is 12.3. The average Bonchev–Trinajstić information content (AvgIpc) is 2.48. The fourth-order valence-electron chi connectivity index (χ4n) is 1.64. The molecule has 0 radical (unpaired) electrons. The number of hydrogen-bond donors (Lipinski definition) is 0.